The van der Waals surface area contributed by atoms with Gasteiger partial charge in [0.05, 0.1) is 7.28 Å². The normalized spacial score (nSPS) is 19.4. The summed E-state index contributed by atoms with van der Waals surface area (Å²) in [4.78, 5) is 0. The highest BCUT2D eigenvalue weighted by atomic mass is 15.1. The quantitative estimate of drug-likeness (QED) is 0.396. The molecule has 0 radical (unpaired) electrons. The fourth-order valence-corrected chi connectivity index (χ4v) is 5.62. The Labute approximate surface area is 169 Å². The van der Waals surface area contributed by atoms with E-state index in [-0.39, 0.29) is 12.8 Å². The van der Waals surface area contributed by atoms with Gasteiger partial charge < -0.3 is 0 Å². The molecule has 0 saturated carbocycles. The third kappa shape index (κ3) is 4.69. The molecular weight excluding hydrogens is 325 g/mol. The summed E-state index contributed by atoms with van der Waals surface area (Å²) < 4.78 is 2.82. The van der Waals surface area contributed by atoms with Gasteiger partial charge in [0.2, 0.25) is 5.69 Å². The minimum absolute atomic E-state index is 0.169. The van der Waals surface area contributed by atoms with Crippen LogP contribution in [0.3, 0.4) is 0 Å². The van der Waals surface area contributed by atoms with Crippen molar-refractivity contribution in [1.82, 2.24) is 0 Å². The van der Waals surface area contributed by atoms with E-state index in [1.165, 1.54) is 29.6 Å². The fraction of sp³-hybridized carbons (Fsp3) is 0.720. The summed E-state index contributed by atoms with van der Waals surface area (Å²) in [6, 6.07) is 7.01. The number of hydrogen-bond acceptors (Lipinski definition) is 0. The van der Waals surface area contributed by atoms with Crippen LogP contribution in [0.1, 0.15) is 106 Å². The predicted octanol–water partition coefficient (Wildman–Crippen LogP) is 6.82. The molecule has 2 rings (SSSR count). The smallest absolute Gasteiger partial charge is 0.209 e. The predicted molar refractivity (Wildman–Crippen MR) is 125 cm³/mol. The Morgan fingerprint density at radius 1 is 0.963 bits per heavy atom. The van der Waals surface area contributed by atoms with Gasteiger partial charge in [0.1, 0.15) is 0 Å². The Morgan fingerprint density at radius 3 is 1.85 bits per heavy atom. The Morgan fingerprint density at radius 2 is 1.44 bits per heavy atom. The largest absolute Gasteiger partial charge is 0.233 e. The summed E-state index contributed by atoms with van der Waals surface area (Å²) >= 11 is 0. The van der Waals surface area contributed by atoms with Crippen LogP contribution in [-0.2, 0) is 0 Å². The lowest BCUT2D eigenvalue weighted by atomic mass is 9.55. The molecule has 0 unspecified atom stereocenters. The lowest BCUT2D eigenvalue weighted by Gasteiger charge is -2.28. The average Bonchev–Trinajstić information content (AvgIpc) is 2.66. The molecule has 0 N–H and O–H groups in total. The Kier molecular flexibility index (Phi) is 6.11. The standard InChI is InChI=1S/C25H44BN/c1-17(2)19-13-12-14-20(18(3)4)21(19)27-22(26-16-23(5,6)7)24(8,9)15-25(27,10)11/h12-14,17-18H,15-16,26H2,1-11H3. The van der Waals surface area contributed by atoms with E-state index in [9.17, 15) is 0 Å². The first kappa shape index (κ1) is 22.2. The highest BCUT2D eigenvalue weighted by Gasteiger charge is 2.49. The minimum Gasteiger partial charge on any atom is -0.233 e. The molecule has 0 aliphatic carbocycles. The number of rotatable bonds is 5. The van der Waals surface area contributed by atoms with E-state index in [1.54, 1.807) is 5.61 Å². The van der Waals surface area contributed by atoms with Gasteiger partial charge in [-0.2, -0.15) is 6.32 Å². The molecule has 1 aromatic carbocycles. The van der Waals surface area contributed by atoms with Gasteiger partial charge in [-0.1, -0.05) is 85.9 Å². The zero-order valence-electron chi connectivity index (χ0n) is 20.2. The van der Waals surface area contributed by atoms with Gasteiger partial charge in [0, 0.05) is 36.8 Å². The third-order valence-electron chi connectivity index (χ3n) is 6.93. The van der Waals surface area contributed by atoms with Gasteiger partial charge in [0.15, 0.2) is 5.54 Å². The molecule has 0 fully saturated rings. The average molecular weight is 369 g/mol. The van der Waals surface area contributed by atoms with Crippen molar-refractivity contribution in [1.29, 1.82) is 0 Å². The zero-order chi connectivity index (χ0) is 20.8. The Hall–Kier alpha value is -1.05. The molecule has 1 aliphatic heterocycles. The van der Waals surface area contributed by atoms with E-state index in [0.29, 0.717) is 22.7 Å². The van der Waals surface area contributed by atoms with Crippen molar-refractivity contribution in [2.75, 3.05) is 0 Å². The number of para-hydroxylation sites is 1. The van der Waals surface area contributed by atoms with Crippen molar-refractivity contribution >= 4 is 18.6 Å². The first-order valence-electron chi connectivity index (χ1n) is 11.3. The molecule has 152 valence electrons. The second-order valence-electron chi connectivity index (χ2n) is 12.2. The number of nitrogens with zero attached hydrogens (tertiary/aromatic N) is 1. The number of hydrogen-bond donors (Lipinski definition) is 0. The fourth-order valence-electron chi connectivity index (χ4n) is 5.62. The summed E-state index contributed by atoms with van der Waals surface area (Å²) in [5.41, 5.74) is 7.23. The molecule has 1 heterocycles. The summed E-state index contributed by atoms with van der Waals surface area (Å²) in [7, 11) is -0.169. The van der Waals surface area contributed by atoms with Crippen LogP contribution in [0.5, 0.6) is 0 Å². The van der Waals surface area contributed by atoms with Crippen LogP contribution >= 0.6 is 0 Å². The molecule has 0 atom stereocenters. The topological polar surface area (TPSA) is 3.01 Å². The van der Waals surface area contributed by atoms with Crippen molar-refractivity contribution in [3.8, 4) is 0 Å². The Bertz CT molecular complexity index is 688. The molecule has 1 aliphatic rings. The molecule has 1 aromatic rings. The Balaban J connectivity index is 2.81. The van der Waals surface area contributed by atoms with Crippen molar-refractivity contribution in [2.45, 2.75) is 106 Å². The highest BCUT2D eigenvalue weighted by Crippen LogP contribution is 2.46. The van der Waals surface area contributed by atoms with Gasteiger partial charge >= 0.3 is 0 Å². The van der Waals surface area contributed by atoms with Gasteiger partial charge in [-0.15, -0.1) is 0 Å². The molecule has 27 heavy (non-hydrogen) atoms. The molecular formula is C25H44BN. The molecule has 2 heteroatoms. The van der Waals surface area contributed by atoms with E-state index in [2.05, 4.69) is 98.9 Å². The van der Waals surface area contributed by atoms with Crippen molar-refractivity contribution in [3.05, 3.63) is 29.3 Å². The van der Waals surface area contributed by atoms with Crippen LogP contribution in [0.4, 0.5) is 5.69 Å². The molecule has 0 bridgehead atoms. The summed E-state index contributed by atoms with van der Waals surface area (Å²) in [5.74, 6) is 1.09. The third-order valence-corrected chi connectivity index (χ3v) is 6.93. The highest BCUT2D eigenvalue weighted by molar-refractivity contribution is 6.75. The lowest BCUT2D eigenvalue weighted by molar-refractivity contribution is -0.515. The molecule has 0 saturated heterocycles. The van der Waals surface area contributed by atoms with Crippen molar-refractivity contribution in [2.24, 2.45) is 10.8 Å². The first-order valence-corrected chi connectivity index (χ1v) is 11.3. The second kappa shape index (κ2) is 7.41. The SMILES string of the molecule is CC(C)c1cccc(C(C)C)c1[N+]1=C([BH2-]CC(C)(C)C)C(C)(C)CC1(C)C. The van der Waals surface area contributed by atoms with E-state index < -0.39 is 0 Å². The lowest BCUT2D eigenvalue weighted by Crippen LogP contribution is -2.34. The molecule has 0 amide bonds. The van der Waals surface area contributed by atoms with E-state index in [4.69, 9.17) is 0 Å². The van der Waals surface area contributed by atoms with Gasteiger partial charge in [-0.25, -0.2) is 4.58 Å². The van der Waals surface area contributed by atoms with Crippen LogP contribution in [0.2, 0.25) is 6.32 Å². The van der Waals surface area contributed by atoms with E-state index in [0.717, 1.165) is 0 Å². The maximum atomic E-state index is 2.82. The van der Waals surface area contributed by atoms with Gasteiger partial charge in [0.25, 0.3) is 0 Å². The summed E-state index contributed by atoms with van der Waals surface area (Å²) in [6.45, 7) is 26.5. The number of benzene rings is 1. The maximum absolute atomic E-state index is 2.82. The van der Waals surface area contributed by atoms with Crippen LogP contribution in [0.15, 0.2) is 18.2 Å². The van der Waals surface area contributed by atoms with E-state index >= 15 is 0 Å². The van der Waals surface area contributed by atoms with Crippen LogP contribution in [-0.4, -0.2) is 23.0 Å². The van der Waals surface area contributed by atoms with Crippen molar-refractivity contribution < 1.29 is 4.58 Å². The minimum atomic E-state index is -0.169. The van der Waals surface area contributed by atoms with Crippen molar-refractivity contribution in [3.63, 3.8) is 0 Å². The second-order valence-corrected chi connectivity index (χ2v) is 12.2. The monoisotopic (exact) mass is 369 g/mol. The molecule has 1 nitrogen and oxygen atoms in total. The molecule has 0 spiro atoms. The molecule has 0 aromatic heterocycles. The van der Waals surface area contributed by atoms with Crippen LogP contribution < -0.4 is 0 Å². The van der Waals surface area contributed by atoms with Crippen LogP contribution in [0.25, 0.3) is 0 Å². The van der Waals surface area contributed by atoms with Crippen LogP contribution in [0, 0.1) is 10.8 Å². The summed E-state index contributed by atoms with van der Waals surface area (Å²) in [6.07, 6.45) is 2.60. The maximum Gasteiger partial charge on any atom is 0.209 e. The van der Waals surface area contributed by atoms with Gasteiger partial charge in [-0.05, 0) is 17.4 Å². The first-order chi connectivity index (χ1) is 12.2. The summed E-state index contributed by atoms with van der Waals surface area (Å²) in [5, 5.41) is 0. The van der Waals surface area contributed by atoms with Gasteiger partial charge in [-0.3, -0.25) is 0 Å². The van der Waals surface area contributed by atoms with E-state index in [1.807, 2.05) is 0 Å². The zero-order valence-corrected chi connectivity index (χ0v) is 20.2.